The largest absolute Gasteiger partial charge is 0.370 e. The maximum absolute atomic E-state index is 11.2. The molecule has 0 atom stereocenters. The third-order valence-corrected chi connectivity index (χ3v) is 2.13. The van der Waals surface area contributed by atoms with E-state index in [4.69, 9.17) is 5.90 Å². The monoisotopic (exact) mass is 178 g/mol. The average Bonchev–Trinajstić information content (AvgIpc) is 3.00. The lowest BCUT2D eigenvalue weighted by Crippen LogP contribution is -2.12. The molecule has 2 rings (SSSR count). The summed E-state index contributed by atoms with van der Waals surface area (Å²) in [4.78, 5) is 19.5. The Bertz CT molecular complexity index is 334. The van der Waals surface area contributed by atoms with Gasteiger partial charge in [-0.25, -0.2) is 4.79 Å². The second-order valence-electron chi connectivity index (χ2n) is 3.12. The van der Waals surface area contributed by atoms with E-state index in [0.717, 1.165) is 18.5 Å². The molecule has 1 fully saturated rings. The van der Waals surface area contributed by atoms with Gasteiger partial charge in [0.05, 0.1) is 11.3 Å². The van der Waals surface area contributed by atoms with Crippen molar-refractivity contribution in [1.82, 2.24) is 4.98 Å². The van der Waals surface area contributed by atoms with Crippen molar-refractivity contribution in [2.45, 2.75) is 18.8 Å². The van der Waals surface area contributed by atoms with Gasteiger partial charge in [-0.15, -0.1) is 0 Å². The Morgan fingerprint density at radius 2 is 2.38 bits per heavy atom. The van der Waals surface area contributed by atoms with Gasteiger partial charge in [-0.05, 0) is 25.0 Å². The predicted molar refractivity (Wildman–Crippen MR) is 45.8 cm³/mol. The van der Waals surface area contributed by atoms with Crippen molar-refractivity contribution in [2.75, 3.05) is 0 Å². The number of rotatable bonds is 2. The molecule has 0 aliphatic heterocycles. The summed E-state index contributed by atoms with van der Waals surface area (Å²) in [5.74, 6) is 4.74. The summed E-state index contributed by atoms with van der Waals surface area (Å²) in [6, 6.07) is 3.40. The molecule has 13 heavy (non-hydrogen) atoms. The van der Waals surface area contributed by atoms with Crippen LogP contribution in [-0.4, -0.2) is 11.0 Å². The highest BCUT2D eigenvalue weighted by Crippen LogP contribution is 2.40. The van der Waals surface area contributed by atoms with Crippen LogP contribution in [0.2, 0.25) is 0 Å². The van der Waals surface area contributed by atoms with E-state index in [1.54, 1.807) is 18.3 Å². The van der Waals surface area contributed by atoms with Crippen LogP contribution in [0.15, 0.2) is 18.3 Å². The standard InChI is InChI=1S/C9H10N2O2/c10-13-9(12)7-2-1-5-11-8(7)6-3-4-6/h1-2,5-6H,3-4,10H2. The maximum Gasteiger partial charge on any atom is 0.358 e. The highest BCUT2D eigenvalue weighted by atomic mass is 16.7. The second-order valence-corrected chi connectivity index (χ2v) is 3.12. The van der Waals surface area contributed by atoms with Crippen molar-refractivity contribution in [2.24, 2.45) is 5.90 Å². The number of carbonyl (C=O) groups is 1. The fraction of sp³-hybridized carbons (Fsp3) is 0.333. The number of hydrogen-bond donors (Lipinski definition) is 1. The van der Waals surface area contributed by atoms with Crippen molar-refractivity contribution in [3.8, 4) is 0 Å². The van der Waals surface area contributed by atoms with E-state index >= 15 is 0 Å². The minimum absolute atomic E-state index is 0.426. The molecule has 1 saturated carbocycles. The molecule has 0 unspecified atom stereocenters. The number of aromatic nitrogens is 1. The van der Waals surface area contributed by atoms with Gasteiger partial charge < -0.3 is 4.84 Å². The van der Waals surface area contributed by atoms with E-state index in [-0.39, 0.29) is 0 Å². The van der Waals surface area contributed by atoms with Crippen LogP contribution in [0.25, 0.3) is 0 Å². The lowest BCUT2D eigenvalue weighted by molar-refractivity contribution is 0.0501. The number of nitrogens with two attached hydrogens (primary N) is 1. The molecular formula is C9H10N2O2. The smallest absolute Gasteiger partial charge is 0.358 e. The Morgan fingerprint density at radius 3 is 3.00 bits per heavy atom. The van der Waals surface area contributed by atoms with Crippen molar-refractivity contribution >= 4 is 5.97 Å². The van der Waals surface area contributed by atoms with E-state index < -0.39 is 5.97 Å². The maximum atomic E-state index is 11.2. The van der Waals surface area contributed by atoms with Crippen LogP contribution in [-0.2, 0) is 4.84 Å². The quantitative estimate of drug-likeness (QED) is 0.686. The molecular weight excluding hydrogens is 168 g/mol. The minimum atomic E-state index is -0.505. The topological polar surface area (TPSA) is 65.2 Å². The van der Waals surface area contributed by atoms with E-state index in [0.29, 0.717) is 11.5 Å². The number of hydrogen-bond acceptors (Lipinski definition) is 4. The fourth-order valence-corrected chi connectivity index (χ4v) is 1.34. The molecule has 1 aromatic heterocycles. The Labute approximate surface area is 75.7 Å². The summed E-state index contributed by atoms with van der Waals surface area (Å²) in [7, 11) is 0. The van der Waals surface area contributed by atoms with Crippen molar-refractivity contribution < 1.29 is 9.63 Å². The van der Waals surface area contributed by atoms with Gasteiger partial charge in [0.2, 0.25) is 0 Å². The molecule has 1 aliphatic carbocycles. The van der Waals surface area contributed by atoms with Gasteiger partial charge in [-0.1, -0.05) is 0 Å². The fourth-order valence-electron chi connectivity index (χ4n) is 1.34. The zero-order chi connectivity index (χ0) is 9.26. The van der Waals surface area contributed by atoms with E-state index in [1.807, 2.05) is 0 Å². The zero-order valence-corrected chi connectivity index (χ0v) is 7.06. The first kappa shape index (κ1) is 8.19. The lowest BCUT2D eigenvalue weighted by atomic mass is 10.1. The Kier molecular flexibility index (Phi) is 1.98. The molecule has 0 bridgehead atoms. The minimum Gasteiger partial charge on any atom is -0.370 e. The summed E-state index contributed by atoms with van der Waals surface area (Å²) in [5.41, 5.74) is 1.31. The summed E-state index contributed by atoms with van der Waals surface area (Å²) in [6.45, 7) is 0. The van der Waals surface area contributed by atoms with Crippen LogP contribution in [0.4, 0.5) is 0 Å². The molecule has 0 saturated heterocycles. The average molecular weight is 178 g/mol. The predicted octanol–water partition coefficient (Wildman–Crippen LogP) is 0.990. The summed E-state index contributed by atoms with van der Waals surface area (Å²) < 4.78 is 0. The zero-order valence-electron chi connectivity index (χ0n) is 7.06. The second kappa shape index (κ2) is 3.14. The summed E-state index contributed by atoms with van der Waals surface area (Å²) in [5, 5.41) is 0. The van der Waals surface area contributed by atoms with Crippen molar-refractivity contribution in [3.63, 3.8) is 0 Å². The van der Waals surface area contributed by atoms with Crippen LogP contribution in [0.1, 0.15) is 34.8 Å². The van der Waals surface area contributed by atoms with Gasteiger partial charge in [0.1, 0.15) is 0 Å². The van der Waals surface area contributed by atoms with Gasteiger partial charge in [-0.2, -0.15) is 5.90 Å². The normalized spacial score (nSPS) is 15.5. The first-order chi connectivity index (χ1) is 6.33. The van der Waals surface area contributed by atoms with E-state index in [2.05, 4.69) is 9.82 Å². The highest BCUT2D eigenvalue weighted by molar-refractivity contribution is 5.90. The van der Waals surface area contributed by atoms with E-state index in [9.17, 15) is 4.79 Å². The molecule has 0 amide bonds. The van der Waals surface area contributed by atoms with Gasteiger partial charge in [0, 0.05) is 12.1 Å². The first-order valence-corrected chi connectivity index (χ1v) is 4.19. The van der Waals surface area contributed by atoms with Gasteiger partial charge in [0.15, 0.2) is 0 Å². The van der Waals surface area contributed by atoms with Crippen molar-refractivity contribution in [3.05, 3.63) is 29.6 Å². The molecule has 1 heterocycles. The Hall–Kier alpha value is -1.42. The van der Waals surface area contributed by atoms with Crippen LogP contribution >= 0.6 is 0 Å². The first-order valence-electron chi connectivity index (χ1n) is 4.19. The van der Waals surface area contributed by atoms with Crippen LogP contribution in [0, 0.1) is 0 Å². The molecule has 1 aromatic rings. The Morgan fingerprint density at radius 1 is 1.62 bits per heavy atom. The molecule has 0 aromatic carbocycles. The van der Waals surface area contributed by atoms with Crippen LogP contribution in [0.5, 0.6) is 0 Å². The van der Waals surface area contributed by atoms with Crippen LogP contribution < -0.4 is 5.90 Å². The highest BCUT2D eigenvalue weighted by Gasteiger charge is 2.29. The van der Waals surface area contributed by atoms with Gasteiger partial charge in [0.25, 0.3) is 0 Å². The third-order valence-electron chi connectivity index (χ3n) is 2.13. The summed E-state index contributed by atoms with van der Waals surface area (Å²) in [6.07, 6.45) is 3.88. The number of pyridine rings is 1. The summed E-state index contributed by atoms with van der Waals surface area (Å²) >= 11 is 0. The van der Waals surface area contributed by atoms with Gasteiger partial charge >= 0.3 is 5.97 Å². The Balaban J connectivity index is 2.36. The van der Waals surface area contributed by atoms with Crippen molar-refractivity contribution in [1.29, 1.82) is 0 Å². The molecule has 1 aliphatic rings. The lowest BCUT2D eigenvalue weighted by Gasteiger charge is -2.03. The van der Waals surface area contributed by atoms with Crippen LogP contribution in [0.3, 0.4) is 0 Å². The number of nitrogens with zero attached hydrogens (tertiary/aromatic N) is 1. The molecule has 2 N–H and O–H groups in total. The molecule has 4 nitrogen and oxygen atoms in total. The molecule has 0 spiro atoms. The van der Waals surface area contributed by atoms with E-state index in [1.165, 1.54) is 0 Å². The molecule has 0 radical (unpaired) electrons. The molecule has 4 heteroatoms. The number of carbonyl (C=O) groups excluding carboxylic acids is 1. The van der Waals surface area contributed by atoms with Gasteiger partial charge in [-0.3, -0.25) is 4.98 Å². The molecule has 68 valence electrons. The third kappa shape index (κ3) is 1.53. The SMILES string of the molecule is NOC(=O)c1cccnc1C1CC1.